The van der Waals surface area contributed by atoms with Crippen LogP contribution in [0.25, 0.3) is 10.1 Å². The number of carbonyl (C=O) groups is 1. The molecule has 0 saturated heterocycles. The molecule has 0 fully saturated rings. The van der Waals surface area contributed by atoms with Crippen LogP contribution in [0.4, 0.5) is 13.2 Å². The molecule has 0 bridgehead atoms. The smallest absolute Gasteiger partial charge is 0.416 e. The number of aromatic carboxylic acids is 1. The second-order valence-corrected chi connectivity index (χ2v) is 7.21. The van der Waals surface area contributed by atoms with Crippen LogP contribution in [0.1, 0.15) is 26.4 Å². The maximum Gasteiger partial charge on any atom is 0.416 e. The third kappa shape index (κ3) is 3.50. The van der Waals surface area contributed by atoms with Crippen molar-refractivity contribution in [1.82, 2.24) is 0 Å². The third-order valence-corrected chi connectivity index (χ3v) is 5.46. The van der Waals surface area contributed by atoms with E-state index in [1.807, 2.05) is 6.92 Å². The summed E-state index contributed by atoms with van der Waals surface area (Å²) in [5.41, 5.74) is -0.329. The molecule has 3 nitrogen and oxygen atoms in total. The SMILES string of the molecule is Cc1sc2ccc(C(=O)O)c(OCc3ccc(C(F)(F)F)cc3)c2c1Cl. The van der Waals surface area contributed by atoms with Crippen molar-refractivity contribution in [3.8, 4) is 5.75 Å². The summed E-state index contributed by atoms with van der Waals surface area (Å²) in [6, 6.07) is 7.60. The predicted octanol–water partition coefficient (Wildman–Crippen LogP) is 6.16. The molecule has 1 aromatic heterocycles. The van der Waals surface area contributed by atoms with Crippen LogP contribution in [-0.4, -0.2) is 11.1 Å². The number of hydrogen-bond acceptors (Lipinski definition) is 3. The van der Waals surface area contributed by atoms with Gasteiger partial charge in [-0.25, -0.2) is 4.79 Å². The van der Waals surface area contributed by atoms with Gasteiger partial charge in [-0.3, -0.25) is 0 Å². The molecular formula is C18H12ClF3O3S. The summed E-state index contributed by atoms with van der Waals surface area (Å²) in [5.74, 6) is -1.06. The number of carboxylic acids is 1. The maximum atomic E-state index is 12.6. The third-order valence-electron chi connectivity index (χ3n) is 3.81. The van der Waals surface area contributed by atoms with Gasteiger partial charge in [-0.1, -0.05) is 23.7 Å². The summed E-state index contributed by atoms with van der Waals surface area (Å²) < 4.78 is 44.3. The number of alkyl halides is 3. The Morgan fingerprint density at radius 2 is 1.85 bits per heavy atom. The van der Waals surface area contributed by atoms with Crippen molar-refractivity contribution in [3.05, 3.63) is 63.0 Å². The average molecular weight is 401 g/mol. The number of benzene rings is 2. The molecule has 0 aliphatic heterocycles. The minimum Gasteiger partial charge on any atom is -0.487 e. The van der Waals surface area contributed by atoms with Crippen LogP contribution in [0.2, 0.25) is 5.02 Å². The van der Waals surface area contributed by atoms with Gasteiger partial charge >= 0.3 is 12.1 Å². The first-order valence-electron chi connectivity index (χ1n) is 7.42. The van der Waals surface area contributed by atoms with E-state index in [1.165, 1.54) is 29.5 Å². The summed E-state index contributed by atoms with van der Waals surface area (Å²) >= 11 is 7.70. The Morgan fingerprint density at radius 1 is 1.19 bits per heavy atom. The average Bonchev–Trinajstić information content (AvgIpc) is 2.87. The summed E-state index contributed by atoms with van der Waals surface area (Å²) in [5, 5.41) is 10.3. The number of halogens is 4. The topological polar surface area (TPSA) is 46.5 Å². The van der Waals surface area contributed by atoms with Crippen molar-refractivity contribution in [1.29, 1.82) is 0 Å². The zero-order valence-corrected chi connectivity index (χ0v) is 14.9. The van der Waals surface area contributed by atoms with Crippen LogP contribution in [-0.2, 0) is 12.8 Å². The highest BCUT2D eigenvalue weighted by Crippen LogP contribution is 2.42. The minimum absolute atomic E-state index is 0.0517. The fraction of sp³-hybridized carbons (Fsp3) is 0.167. The van der Waals surface area contributed by atoms with Gasteiger partial charge in [0.1, 0.15) is 17.9 Å². The molecule has 0 aliphatic carbocycles. The number of carboxylic acid groups (broad SMARTS) is 1. The maximum absolute atomic E-state index is 12.6. The number of hydrogen-bond donors (Lipinski definition) is 1. The molecule has 0 spiro atoms. The van der Waals surface area contributed by atoms with Gasteiger partial charge in [0.25, 0.3) is 0 Å². The number of ether oxygens (including phenoxy) is 1. The first-order chi connectivity index (χ1) is 12.2. The van der Waals surface area contributed by atoms with Gasteiger partial charge in [-0.15, -0.1) is 11.3 Å². The quantitative estimate of drug-likeness (QED) is 0.570. The van der Waals surface area contributed by atoms with E-state index >= 15 is 0 Å². The summed E-state index contributed by atoms with van der Waals surface area (Å²) in [4.78, 5) is 12.3. The van der Waals surface area contributed by atoms with Gasteiger partial charge in [0.15, 0.2) is 0 Å². The molecule has 0 aliphatic rings. The molecule has 2 aromatic carbocycles. The number of aryl methyl sites for hydroxylation is 1. The molecule has 0 atom stereocenters. The van der Waals surface area contributed by atoms with Crippen molar-refractivity contribution in [2.75, 3.05) is 0 Å². The van der Waals surface area contributed by atoms with Gasteiger partial charge in [0.2, 0.25) is 0 Å². The molecule has 0 radical (unpaired) electrons. The lowest BCUT2D eigenvalue weighted by molar-refractivity contribution is -0.137. The molecule has 0 amide bonds. The lowest BCUT2D eigenvalue weighted by atomic mass is 10.1. The van der Waals surface area contributed by atoms with Crippen LogP contribution < -0.4 is 4.74 Å². The van der Waals surface area contributed by atoms with Gasteiger partial charge < -0.3 is 9.84 Å². The molecule has 3 aromatic rings. The van der Waals surface area contributed by atoms with E-state index in [-0.39, 0.29) is 17.9 Å². The highest BCUT2D eigenvalue weighted by atomic mass is 35.5. The zero-order valence-electron chi connectivity index (χ0n) is 13.4. The highest BCUT2D eigenvalue weighted by Gasteiger charge is 2.30. The molecular weight excluding hydrogens is 389 g/mol. The van der Waals surface area contributed by atoms with Crippen LogP contribution in [0.3, 0.4) is 0 Å². The Bertz CT molecular complexity index is 978. The molecule has 26 heavy (non-hydrogen) atoms. The number of rotatable bonds is 4. The van der Waals surface area contributed by atoms with E-state index in [9.17, 15) is 23.1 Å². The van der Waals surface area contributed by atoms with E-state index in [4.69, 9.17) is 16.3 Å². The van der Waals surface area contributed by atoms with Gasteiger partial charge in [0, 0.05) is 9.58 Å². The first-order valence-corrected chi connectivity index (χ1v) is 8.61. The summed E-state index contributed by atoms with van der Waals surface area (Å²) in [6.45, 7) is 1.73. The number of thiophene rings is 1. The molecule has 0 saturated carbocycles. The Kier molecular flexibility index (Phi) is 4.86. The first kappa shape index (κ1) is 18.5. The highest BCUT2D eigenvalue weighted by molar-refractivity contribution is 7.19. The standard InChI is InChI=1S/C18H12ClF3O3S/c1-9-15(19)14-13(26-9)7-6-12(17(23)24)16(14)25-8-10-2-4-11(5-3-10)18(20,21)22/h2-7H,8H2,1H3,(H,23,24). The molecule has 8 heteroatoms. The van der Waals surface area contributed by atoms with Gasteiger partial charge in [-0.2, -0.15) is 13.2 Å². The van der Waals surface area contributed by atoms with Crippen LogP contribution in [0, 0.1) is 6.92 Å². The van der Waals surface area contributed by atoms with Crippen molar-refractivity contribution in [2.45, 2.75) is 19.7 Å². The Hall–Kier alpha value is -2.25. The fourth-order valence-corrected chi connectivity index (χ4v) is 3.82. The minimum atomic E-state index is -4.41. The number of fused-ring (bicyclic) bond motifs is 1. The monoisotopic (exact) mass is 400 g/mol. The molecule has 3 rings (SSSR count). The van der Waals surface area contributed by atoms with E-state index in [0.29, 0.717) is 16.0 Å². The lowest BCUT2D eigenvalue weighted by Gasteiger charge is -2.12. The van der Waals surface area contributed by atoms with E-state index in [1.54, 1.807) is 6.07 Å². The van der Waals surface area contributed by atoms with Crippen LogP contribution in [0.15, 0.2) is 36.4 Å². The van der Waals surface area contributed by atoms with Crippen LogP contribution >= 0.6 is 22.9 Å². The normalized spacial score (nSPS) is 11.7. The lowest BCUT2D eigenvalue weighted by Crippen LogP contribution is -2.06. The predicted molar refractivity (Wildman–Crippen MR) is 94.3 cm³/mol. The van der Waals surface area contributed by atoms with Crippen molar-refractivity contribution in [2.24, 2.45) is 0 Å². The molecule has 0 unspecified atom stereocenters. The van der Waals surface area contributed by atoms with Crippen molar-refractivity contribution >= 4 is 39.0 Å². The second-order valence-electron chi connectivity index (χ2n) is 5.58. The Balaban J connectivity index is 1.95. The molecule has 136 valence electrons. The van der Waals surface area contributed by atoms with Gasteiger partial charge in [-0.05, 0) is 36.8 Å². The van der Waals surface area contributed by atoms with E-state index < -0.39 is 17.7 Å². The largest absolute Gasteiger partial charge is 0.487 e. The molecule has 1 N–H and O–H groups in total. The Labute approximate surface area is 155 Å². The van der Waals surface area contributed by atoms with Crippen LogP contribution in [0.5, 0.6) is 5.75 Å². The second kappa shape index (κ2) is 6.81. The fourth-order valence-electron chi connectivity index (χ4n) is 2.51. The zero-order chi connectivity index (χ0) is 19.1. The summed E-state index contributed by atoms with van der Waals surface area (Å²) in [7, 11) is 0. The molecule has 1 heterocycles. The Morgan fingerprint density at radius 3 is 2.42 bits per heavy atom. The van der Waals surface area contributed by atoms with Crippen molar-refractivity contribution < 1.29 is 27.8 Å². The van der Waals surface area contributed by atoms with E-state index in [0.717, 1.165) is 21.7 Å². The van der Waals surface area contributed by atoms with Gasteiger partial charge in [0.05, 0.1) is 16.0 Å². The van der Waals surface area contributed by atoms with E-state index in [2.05, 4.69) is 0 Å². The summed E-state index contributed by atoms with van der Waals surface area (Å²) in [6.07, 6.45) is -4.41. The van der Waals surface area contributed by atoms with Crippen molar-refractivity contribution in [3.63, 3.8) is 0 Å².